The number of imidazole rings is 4. The summed E-state index contributed by atoms with van der Waals surface area (Å²) in [6, 6.07) is 37.1. The van der Waals surface area contributed by atoms with Gasteiger partial charge in [-0.05, 0) is 172 Å². The fourth-order valence-corrected chi connectivity index (χ4v) is 19.9. The number of quaternary nitrogens is 1. The third kappa shape index (κ3) is 30.5. The van der Waals surface area contributed by atoms with Gasteiger partial charge < -0.3 is 75.4 Å². The van der Waals surface area contributed by atoms with Gasteiger partial charge in [-0.1, -0.05) is 177 Å². The first-order chi connectivity index (χ1) is 59.8. The number of hydrogen-bond donors (Lipinski definition) is 9. The van der Waals surface area contributed by atoms with Gasteiger partial charge in [0, 0.05) is 114 Å². The van der Waals surface area contributed by atoms with Crippen LogP contribution in [-0.2, 0) is 14.4 Å². The van der Waals surface area contributed by atoms with E-state index in [-0.39, 0.29) is 54.8 Å². The van der Waals surface area contributed by atoms with Crippen LogP contribution in [0.2, 0.25) is 0 Å². The molecule has 672 valence electrons. The Bertz CT molecular complexity index is 4200. The molecule has 0 spiro atoms. The van der Waals surface area contributed by atoms with Crippen molar-refractivity contribution in [1.82, 2.24) is 63.3 Å². The van der Waals surface area contributed by atoms with Crippen LogP contribution < -0.4 is 68.8 Å². The van der Waals surface area contributed by atoms with Crippen molar-refractivity contribution in [1.29, 1.82) is 5.26 Å². The number of nitrogens with one attached hydrogen (secondary N) is 3. The quantitative estimate of drug-likeness (QED) is 0.0122. The number of piperidine rings is 4. The number of urea groups is 1. The van der Waals surface area contributed by atoms with Gasteiger partial charge in [-0.15, -0.1) is 0 Å². The number of aromatic nitrogens is 8. The molecule has 4 saturated carbocycles. The van der Waals surface area contributed by atoms with Crippen LogP contribution in [0.4, 0.5) is 28.6 Å². The van der Waals surface area contributed by atoms with Crippen LogP contribution in [0.3, 0.4) is 0 Å². The molecular weight excluding hydrogens is 1560 g/mol. The minimum absolute atomic E-state index is 0. The number of rotatable bonds is 14. The van der Waals surface area contributed by atoms with E-state index in [9.17, 15) is 4.79 Å². The summed E-state index contributed by atoms with van der Waals surface area (Å²) >= 11 is 0. The molecule has 29 nitrogen and oxygen atoms in total. The SMILES string of the molecule is C=[N-].CCO.CCO.CCOC(N)=Nc1nc2ccccc2n1C1CCN(C2CCCCCCC2)CC1.CONC(N)=Nc1nc2ccccc2n1C1CCN(C2CCCCCCC2)CC1.CO[NH3+].N#CNc1nc2ccccc2n1C1CCN(C2CCCCCCC2)CC1.NC(=O)Nc1nc2ccccc2n1C1CCN(C2CCCCCCC2)CC1.[Na+]. The van der Waals surface area contributed by atoms with E-state index in [1.165, 1.54) is 194 Å². The van der Waals surface area contributed by atoms with Gasteiger partial charge >= 0.3 is 35.6 Å². The Morgan fingerprint density at radius 1 is 0.447 bits per heavy atom. The maximum Gasteiger partial charge on any atom is 1.00 e. The van der Waals surface area contributed by atoms with Gasteiger partial charge in [-0.2, -0.15) is 15.2 Å². The van der Waals surface area contributed by atoms with Gasteiger partial charge in [0.25, 0.3) is 6.02 Å². The van der Waals surface area contributed by atoms with E-state index in [2.05, 4.69) is 140 Å². The number of guanidine groups is 1. The molecule has 4 aliphatic heterocycles. The van der Waals surface area contributed by atoms with E-state index in [0.29, 0.717) is 54.6 Å². The van der Waals surface area contributed by atoms with Gasteiger partial charge in [-0.25, -0.2) is 47.7 Å². The van der Waals surface area contributed by atoms with Crippen LogP contribution in [0.15, 0.2) is 107 Å². The van der Waals surface area contributed by atoms with Crippen molar-refractivity contribution < 1.29 is 64.9 Å². The largest absolute Gasteiger partial charge is 1.00 e. The third-order valence-corrected chi connectivity index (χ3v) is 25.5. The molecule has 0 atom stereocenters. The normalized spacial score (nSPS) is 19.6. The molecule has 0 bridgehead atoms. The number of primary amides is 1. The number of aliphatic imine (C=N–C) groups is 2. The molecule has 8 aromatic rings. The summed E-state index contributed by atoms with van der Waals surface area (Å²) in [7, 11) is 3.04. The molecule has 123 heavy (non-hydrogen) atoms. The molecule has 4 aromatic heterocycles. The van der Waals surface area contributed by atoms with E-state index in [4.69, 9.17) is 57.6 Å². The Morgan fingerprint density at radius 3 is 1.00 bits per heavy atom. The molecule has 0 radical (unpaired) electrons. The summed E-state index contributed by atoms with van der Waals surface area (Å²) < 4.78 is 14.4. The van der Waals surface area contributed by atoms with Gasteiger partial charge in [-0.3, -0.25) is 15.5 Å². The summed E-state index contributed by atoms with van der Waals surface area (Å²) in [6.45, 7) is 17.7. The molecular formula is C93H149N23NaO6+. The number of hydroxylamine groups is 1. The second-order valence-electron chi connectivity index (χ2n) is 33.5. The Hall–Kier alpha value is -7.83. The number of para-hydroxylation sites is 8. The number of nitriles is 1. The number of aliphatic hydroxyl groups excluding tert-OH is 2. The predicted molar refractivity (Wildman–Crippen MR) is 495 cm³/mol. The van der Waals surface area contributed by atoms with Crippen molar-refractivity contribution in [3.8, 4) is 6.19 Å². The minimum Gasteiger partial charge on any atom is -0.817 e. The smallest absolute Gasteiger partial charge is 0.817 e. The van der Waals surface area contributed by atoms with Crippen LogP contribution >= 0.6 is 0 Å². The van der Waals surface area contributed by atoms with Gasteiger partial charge in [0.1, 0.15) is 0 Å². The fourth-order valence-electron chi connectivity index (χ4n) is 19.9. The number of nitrogens with two attached hydrogens (primary N) is 3. The number of carbonyl (C=O) groups excluding carboxylic acids is 1. The zero-order chi connectivity index (χ0) is 86.6. The van der Waals surface area contributed by atoms with Crippen molar-refractivity contribution in [3.63, 3.8) is 0 Å². The van der Waals surface area contributed by atoms with Crippen molar-refractivity contribution in [2.75, 3.05) is 97.0 Å². The minimum atomic E-state index is -0.557. The van der Waals surface area contributed by atoms with Crippen LogP contribution in [0.25, 0.3) is 49.5 Å². The molecule has 0 unspecified atom stereocenters. The van der Waals surface area contributed by atoms with Crippen LogP contribution in [0, 0.1) is 11.5 Å². The fraction of sp³-hybridized carbons (Fsp3) is 0.645. The van der Waals surface area contributed by atoms with Crippen LogP contribution in [-0.4, -0.2) is 203 Å². The number of carbonyl (C=O) groups is 1. The molecule has 4 aromatic carbocycles. The molecule has 8 heterocycles. The van der Waals surface area contributed by atoms with E-state index in [1.54, 1.807) is 13.8 Å². The van der Waals surface area contributed by atoms with Crippen molar-refractivity contribution in [2.24, 2.45) is 27.2 Å². The van der Waals surface area contributed by atoms with E-state index in [1.807, 2.05) is 61.5 Å². The molecule has 4 aliphatic carbocycles. The number of anilines is 2. The summed E-state index contributed by atoms with van der Waals surface area (Å²) in [6.07, 6.45) is 50.0. The Labute approximate surface area is 754 Å². The van der Waals surface area contributed by atoms with Crippen LogP contribution in [0.1, 0.15) is 276 Å². The molecule has 16 rings (SSSR count). The van der Waals surface area contributed by atoms with Crippen molar-refractivity contribution in [3.05, 3.63) is 102 Å². The molecule has 8 fully saturated rings. The van der Waals surface area contributed by atoms with Crippen molar-refractivity contribution >= 4 is 92.7 Å². The predicted octanol–water partition coefficient (Wildman–Crippen LogP) is 13.7. The summed E-state index contributed by atoms with van der Waals surface area (Å²) in [5.41, 5.74) is 28.1. The molecule has 14 N–H and O–H groups in total. The second kappa shape index (κ2) is 56.3. The summed E-state index contributed by atoms with van der Waals surface area (Å²) in [4.78, 5) is 59.0. The number of ether oxygens (including phenoxy) is 1. The Kier molecular flexibility index (Phi) is 46.0. The van der Waals surface area contributed by atoms with Gasteiger partial charge in [0.2, 0.25) is 29.8 Å². The zero-order valence-corrected chi connectivity index (χ0v) is 77.4. The monoisotopic (exact) mass is 1710 g/mol. The zero-order valence-electron chi connectivity index (χ0n) is 75.4. The molecule has 30 heteroatoms. The average molecular weight is 1710 g/mol. The molecule has 8 aliphatic rings. The first-order valence-corrected chi connectivity index (χ1v) is 46.3. The van der Waals surface area contributed by atoms with Crippen LogP contribution in [0.5, 0.6) is 0 Å². The van der Waals surface area contributed by atoms with Crippen molar-refractivity contribution in [2.45, 2.75) is 300 Å². The number of hydrogen-bond acceptors (Lipinski definition) is 18. The standard InChI is InChI=1S/C23H35N5O.C22H34N6O.C21H31N5O.C21H29N5.2C2H6O.CH6NO.CH2N.Na/c1-2-29-22(24)26-23-25-20-12-8-9-13-21(20)28(23)19-14-16-27(17-15-19)18-10-6-4-3-5-7-11-18;1-29-26-21(23)25-22-24-19-11-7-8-12-20(19)28(22)18-13-15-27(16-14-18)17-9-5-3-2-4-6-10-17;22-20(27)24-21-23-18-10-6-7-11-19(18)26(21)17-12-14-25(15-13-17)16-8-4-2-1-3-5-9-16;22-16-23-21-24-19-10-6-7-11-20(19)26(21)18-12-14-25(15-13-18)17-8-4-2-1-3-5-9-17;2*1-2-3;1-3-2;1-2;/h8-9,12-13,18-19H,2-7,10-11,14-17H2,1H3,(H2,24,25,26);7-8,11-12,17-18H,2-6,9-10,13-16H2,1H3,(H3,23,24,25,26);6-7,10-11,16-17H,1-5,8-9,12-15H2,(H3,22,23,24,27);6-7,10-11,17-18H,1-5,8-9,12-15H2,(H,23,24);2*3H,2H2,1H3;1-2H3;1H2;/q;;;;;;+1;-1;+1. The maximum absolute atomic E-state index is 11.4. The van der Waals surface area contributed by atoms with E-state index in [0.717, 1.165) is 172 Å². The average Bonchev–Trinajstić information content (AvgIpc) is 1.65. The summed E-state index contributed by atoms with van der Waals surface area (Å²) in [5.74, 6) is 5.79. The van der Waals surface area contributed by atoms with Gasteiger partial charge in [0.15, 0.2) is 6.19 Å². The molecule has 2 amide bonds. The Morgan fingerprint density at radius 2 is 0.707 bits per heavy atom. The maximum atomic E-state index is 11.4. The Balaban J connectivity index is 0.000000195. The topological polar surface area (TPSA) is 382 Å². The molecule has 4 saturated heterocycles. The number of amides is 2. The number of fused-ring (bicyclic) bond motifs is 4. The first kappa shape index (κ1) is 101. The summed E-state index contributed by atoms with van der Waals surface area (Å²) in [5, 5.41) is 36.5. The second-order valence-corrected chi connectivity index (χ2v) is 33.5. The third-order valence-electron chi connectivity index (χ3n) is 25.5. The van der Waals surface area contributed by atoms with Gasteiger partial charge in [0.05, 0.1) is 65.0 Å². The number of benzene rings is 4. The van der Waals surface area contributed by atoms with E-state index < -0.39 is 6.03 Å². The number of nitrogens with zero attached hydrogens (tertiary/aromatic N) is 16. The number of likely N-dealkylation sites (tertiary alicyclic amines) is 4. The number of aliphatic hydroxyl groups is 2. The first-order valence-electron chi connectivity index (χ1n) is 46.3. The van der Waals surface area contributed by atoms with E-state index >= 15 is 0 Å². The number of amidine groups is 1.